The van der Waals surface area contributed by atoms with Crippen molar-refractivity contribution in [2.45, 2.75) is 34.1 Å². The van der Waals surface area contributed by atoms with Crippen LogP contribution in [0.5, 0.6) is 5.75 Å². The summed E-state index contributed by atoms with van der Waals surface area (Å²) in [6.07, 6.45) is 8.64. The normalized spacial score (nSPS) is 11.4. The van der Waals surface area contributed by atoms with Gasteiger partial charge in [0.1, 0.15) is 17.9 Å². The first-order chi connectivity index (χ1) is 11.4. The lowest BCUT2D eigenvalue weighted by Crippen LogP contribution is -2.03. The standard InChI is InChI=1S/C22H26O2/c1-7-8-19-14-24-22-17(6)21(12-11-20(19)22)23-13-18(16(4)5)10-9-15(2)3/h7,9-12,14H,1,4,8,13H2,2-3,5-6H3/b18-10-. The molecule has 0 amide bonds. The second-order valence-electron chi connectivity index (χ2n) is 6.32. The summed E-state index contributed by atoms with van der Waals surface area (Å²) in [5, 5.41) is 1.12. The molecule has 1 aromatic heterocycles. The molecule has 0 saturated carbocycles. The van der Waals surface area contributed by atoms with E-state index >= 15 is 0 Å². The highest BCUT2D eigenvalue weighted by atomic mass is 16.5. The van der Waals surface area contributed by atoms with E-state index in [-0.39, 0.29) is 0 Å². The minimum atomic E-state index is 0.492. The molecule has 0 spiro atoms. The summed E-state index contributed by atoms with van der Waals surface area (Å²) >= 11 is 0. The number of ether oxygens (including phenoxy) is 1. The molecule has 0 aliphatic heterocycles. The number of fused-ring (bicyclic) bond motifs is 1. The van der Waals surface area contributed by atoms with E-state index in [1.54, 1.807) is 6.26 Å². The number of allylic oxidation sites excluding steroid dienone is 4. The Bertz CT molecular complexity index is 812. The van der Waals surface area contributed by atoms with Crippen molar-refractivity contribution in [3.8, 4) is 5.75 Å². The first kappa shape index (κ1) is 17.9. The fourth-order valence-electron chi connectivity index (χ4n) is 2.48. The number of rotatable bonds is 7. The molecule has 0 N–H and O–H groups in total. The third kappa shape index (κ3) is 4.08. The van der Waals surface area contributed by atoms with Crippen LogP contribution in [0.3, 0.4) is 0 Å². The average Bonchev–Trinajstić information content (AvgIpc) is 2.93. The molecule has 0 unspecified atom stereocenters. The van der Waals surface area contributed by atoms with Crippen molar-refractivity contribution >= 4 is 11.0 Å². The van der Waals surface area contributed by atoms with E-state index in [1.807, 2.05) is 26.0 Å². The summed E-state index contributed by atoms with van der Waals surface area (Å²) in [7, 11) is 0. The Hall–Kier alpha value is -2.48. The van der Waals surface area contributed by atoms with Gasteiger partial charge in [-0.15, -0.1) is 6.58 Å². The molecule has 2 rings (SSSR count). The van der Waals surface area contributed by atoms with Crippen LogP contribution in [-0.2, 0) is 6.42 Å². The molecular formula is C22H26O2. The zero-order chi connectivity index (χ0) is 17.7. The first-order valence-electron chi connectivity index (χ1n) is 8.17. The van der Waals surface area contributed by atoms with E-state index in [0.29, 0.717) is 6.61 Å². The van der Waals surface area contributed by atoms with E-state index in [4.69, 9.17) is 9.15 Å². The fourth-order valence-corrected chi connectivity index (χ4v) is 2.48. The zero-order valence-electron chi connectivity index (χ0n) is 15.1. The third-order valence-corrected chi connectivity index (χ3v) is 3.93. The molecule has 0 radical (unpaired) electrons. The van der Waals surface area contributed by atoms with Crippen molar-refractivity contribution in [2.24, 2.45) is 0 Å². The summed E-state index contributed by atoms with van der Waals surface area (Å²) in [6, 6.07) is 4.07. The van der Waals surface area contributed by atoms with Gasteiger partial charge in [0.15, 0.2) is 0 Å². The second-order valence-corrected chi connectivity index (χ2v) is 6.32. The SMILES string of the molecule is C=CCc1coc2c(C)c(OC/C(=C/C=C(C)C)C(=C)C)ccc12. The molecule has 0 saturated heterocycles. The molecular weight excluding hydrogens is 296 g/mol. The molecule has 2 heteroatoms. The van der Waals surface area contributed by atoms with Crippen molar-refractivity contribution in [3.63, 3.8) is 0 Å². The van der Waals surface area contributed by atoms with Crippen molar-refractivity contribution < 1.29 is 9.15 Å². The van der Waals surface area contributed by atoms with Crippen LogP contribution >= 0.6 is 0 Å². The van der Waals surface area contributed by atoms with Crippen molar-refractivity contribution in [1.29, 1.82) is 0 Å². The van der Waals surface area contributed by atoms with E-state index in [9.17, 15) is 0 Å². The lowest BCUT2D eigenvalue weighted by Gasteiger charge is -2.12. The maximum absolute atomic E-state index is 6.03. The number of hydrogen-bond acceptors (Lipinski definition) is 2. The van der Waals surface area contributed by atoms with Gasteiger partial charge in [-0.25, -0.2) is 0 Å². The largest absolute Gasteiger partial charge is 0.488 e. The molecule has 24 heavy (non-hydrogen) atoms. The molecule has 0 fully saturated rings. The van der Waals surface area contributed by atoms with Gasteiger partial charge >= 0.3 is 0 Å². The topological polar surface area (TPSA) is 22.4 Å². The van der Waals surface area contributed by atoms with E-state index in [2.05, 4.69) is 45.2 Å². The smallest absolute Gasteiger partial charge is 0.140 e. The number of hydrogen-bond donors (Lipinski definition) is 0. The van der Waals surface area contributed by atoms with Crippen LogP contribution in [-0.4, -0.2) is 6.61 Å². The van der Waals surface area contributed by atoms with Crippen LogP contribution in [0.25, 0.3) is 11.0 Å². The minimum absolute atomic E-state index is 0.492. The van der Waals surface area contributed by atoms with Gasteiger partial charge in [-0.2, -0.15) is 0 Å². The van der Waals surface area contributed by atoms with Crippen LogP contribution in [0, 0.1) is 6.92 Å². The van der Waals surface area contributed by atoms with Crippen molar-refractivity contribution in [1.82, 2.24) is 0 Å². The van der Waals surface area contributed by atoms with Crippen molar-refractivity contribution in [2.75, 3.05) is 6.61 Å². The first-order valence-corrected chi connectivity index (χ1v) is 8.17. The Morgan fingerprint density at radius 3 is 2.58 bits per heavy atom. The predicted octanol–water partition coefficient (Wildman–Crippen LogP) is 6.32. The van der Waals surface area contributed by atoms with Gasteiger partial charge in [0.05, 0.1) is 6.26 Å². The van der Waals surface area contributed by atoms with Gasteiger partial charge in [-0.3, -0.25) is 0 Å². The molecule has 1 heterocycles. The highest BCUT2D eigenvalue weighted by Gasteiger charge is 2.12. The molecule has 2 nitrogen and oxygen atoms in total. The Balaban J connectivity index is 2.25. The Kier molecular flexibility index (Phi) is 5.86. The molecule has 0 aliphatic rings. The highest BCUT2D eigenvalue weighted by molar-refractivity contribution is 5.85. The molecule has 0 atom stereocenters. The summed E-state index contributed by atoms with van der Waals surface area (Å²) in [5.41, 5.74) is 6.40. The molecule has 0 aliphatic carbocycles. The second kappa shape index (κ2) is 7.87. The predicted molar refractivity (Wildman–Crippen MR) is 103 cm³/mol. The molecule has 0 bridgehead atoms. The van der Waals surface area contributed by atoms with Crippen LogP contribution in [0.2, 0.25) is 0 Å². The summed E-state index contributed by atoms with van der Waals surface area (Å²) in [5.74, 6) is 0.839. The summed E-state index contributed by atoms with van der Waals surface area (Å²) < 4.78 is 11.8. The van der Waals surface area contributed by atoms with Crippen LogP contribution in [0.1, 0.15) is 31.9 Å². The lowest BCUT2D eigenvalue weighted by atomic mass is 10.1. The van der Waals surface area contributed by atoms with Gasteiger partial charge < -0.3 is 9.15 Å². The van der Waals surface area contributed by atoms with Crippen LogP contribution in [0.4, 0.5) is 0 Å². The number of aryl methyl sites for hydroxylation is 1. The van der Waals surface area contributed by atoms with Gasteiger partial charge in [-0.1, -0.05) is 36.0 Å². The Morgan fingerprint density at radius 1 is 1.21 bits per heavy atom. The average molecular weight is 322 g/mol. The lowest BCUT2D eigenvalue weighted by molar-refractivity contribution is 0.351. The number of furan rings is 1. The Morgan fingerprint density at radius 2 is 1.96 bits per heavy atom. The monoisotopic (exact) mass is 322 g/mol. The quantitative estimate of drug-likeness (QED) is 0.440. The minimum Gasteiger partial charge on any atom is -0.488 e. The maximum atomic E-state index is 6.03. The van der Waals surface area contributed by atoms with Gasteiger partial charge in [0.25, 0.3) is 0 Å². The van der Waals surface area contributed by atoms with E-state index in [0.717, 1.165) is 45.4 Å². The van der Waals surface area contributed by atoms with E-state index in [1.165, 1.54) is 5.57 Å². The van der Waals surface area contributed by atoms with Gasteiger partial charge in [0, 0.05) is 16.5 Å². The van der Waals surface area contributed by atoms with Crippen LogP contribution in [0.15, 0.2) is 70.9 Å². The molecule has 2 aromatic rings. The highest BCUT2D eigenvalue weighted by Crippen LogP contribution is 2.31. The molecule has 126 valence electrons. The number of benzene rings is 1. The Labute approximate surface area is 144 Å². The summed E-state index contributed by atoms with van der Waals surface area (Å²) in [6.45, 7) is 16.5. The fraction of sp³-hybridized carbons (Fsp3) is 0.273. The maximum Gasteiger partial charge on any atom is 0.140 e. The zero-order valence-corrected chi connectivity index (χ0v) is 15.1. The van der Waals surface area contributed by atoms with Gasteiger partial charge in [0.2, 0.25) is 0 Å². The summed E-state index contributed by atoms with van der Waals surface area (Å²) in [4.78, 5) is 0. The van der Waals surface area contributed by atoms with Gasteiger partial charge in [-0.05, 0) is 51.8 Å². The van der Waals surface area contributed by atoms with Crippen molar-refractivity contribution in [3.05, 3.63) is 77.6 Å². The van der Waals surface area contributed by atoms with Crippen LogP contribution < -0.4 is 4.74 Å². The van der Waals surface area contributed by atoms with E-state index < -0.39 is 0 Å². The molecule has 1 aromatic carbocycles. The third-order valence-electron chi connectivity index (χ3n) is 3.93.